The van der Waals surface area contributed by atoms with Crippen LogP contribution >= 0.6 is 11.6 Å². The Morgan fingerprint density at radius 3 is 2.73 bits per heavy atom. The van der Waals surface area contributed by atoms with E-state index in [0.717, 1.165) is 5.69 Å². The van der Waals surface area contributed by atoms with Crippen molar-refractivity contribution in [1.82, 2.24) is 9.97 Å². The summed E-state index contributed by atoms with van der Waals surface area (Å²) in [7, 11) is 0. The van der Waals surface area contributed by atoms with Gasteiger partial charge in [0.25, 0.3) is 0 Å². The number of hydrogen-bond acceptors (Lipinski definition) is 4. The zero-order valence-electron chi connectivity index (χ0n) is 7.81. The molecule has 0 radical (unpaired) electrons. The fourth-order valence-corrected chi connectivity index (χ4v) is 1.34. The molecule has 0 aliphatic carbocycles. The van der Waals surface area contributed by atoms with E-state index in [4.69, 9.17) is 17.3 Å². The van der Waals surface area contributed by atoms with Crippen molar-refractivity contribution < 1.29 is 0 Å². The third kappa shape index (κ3) is 2.35. The van der Waals surface area contributed by atoms with Crippen LogP contribution in [0.4, 0.5) is 17.3 Å². The molecule has 0 unspecified atom stereocenters. The largest absolute Gasteiger partial charge is 0.381 e. The van der Waals surface area contributed by atoms with Crippen molar-refractivity contribution in [2.45, 2.75) is 0 Å². The zero-order valence-corrected chi connectivity index (χ0v) is 8.57. The van der Waals surface area contributed by atoms with E-state index in [1.807, 2.05) is 12.1 Å². The van der Waals surface area contributed by atoms with Gasteiger partial charge in [-0.05, 0) is 18.2 Å². The molecule has 1 heterocycles. The van der Waals surface area contributed by atoms with Gasteiger partial charge in [-0.3, -0.25) is 0 Å². The van der Waals surface area contributed by atoms with E-state index < -0.39 is 0 Å². The predicted octanol–water partition coefficient (Wildman–Crippen LogP) is 2.46. The molecule has 0 saturated heterocycles. The minimum atomic E-state index is 0.359. The quantitative estimate of drug-likeness (QED) is 0.816. The van der Waals surface area contributed by atoms with Gasteiger partial charge in [-0.2, -0.15) is 0 Å². The van der Waals surface area contributed by atoms with Crippen molar-refractivity contribution in [1.29, 1.82) is 0 Å². The number of aromatic nitrogens is 2. The highest BCUT2D eigenvalue weighted by Crippen LogP contribution is 2.20. The molecule has 5 heteroatoms. The first kappa shape index (κ1) is 9.73. The number of rotatable bonds is 2. The maximum atomic E-state index is 5.84. The van der Waals surface area contributed by atoms with Gasteiger partial charge in [0.1, 0.15) is 0 Å². The van der Waals surface area contributed by atoms with Crippen molar-refractivity contribution in [3.8, 4) is 0 Å². The molecule has 0 saturated carbocycles. The summed E-state index contributed by atoms with van der Waals surface area (Å²) in [6, 6.07) is 7.31. The van der Waals surface area contributed by atoms with Gasteiger partial charge in [0.15, 0.2) is 11.6 Å². The third-order valence-corrected chi connectivity index (χ3v) is 2.05. The van der Waals surface area contributed by atoms with Crippen molar-refractivity contribution in [2.75, 3.05) is 11.1 Å². The normalized spacial score (nSPS) is 9.93. The number of nitrogens with two attached hydrogens (primary N) is 1. The minimum Gasteiger partial charge on any atom is -0.381 e. The Balaban J connectivity index is 2.26. The van der Waals surface area contributed by atoms with Gasteiger partial charge in [0.2, 0.25) is 0 Å². The van der Waals surface area contributed by atoms with Crippen LogP contribution in [-0.4, -0.2) is 9.97 Å². The second kappa shape index (κ2) is 4.14. The smallest absolute Gasteiger partial charge is 0.173 e. The number of anilines is 3. The molecule has 0 aliphatic heterocycles. The van der Waals surface area contributed by atoms with E-state index in [-0.39, 0.29) is 0 Å². The molecule has 0 aliphatic rings. The van der Waals surface area contributed by atoms with Crippen LogP contribution in [-0.2, 0) is 0 Å². The number of halogens is 1. The van der Waals surface area contributed by atoms with Crippen molar-refractivity contribution >= 4 is 28.9 Å². The summed E-state index contributed by atoms with van der Waals surface area (Å²) < 4.78 is 0. The van der Waals surface area contributed by atoms with Gasteiger partial charge in [-0.25, -0.2) is 9.97 Å². The second-order valence-corrected chi connectivity index (χ2v) is 3.36. The highest BCUT2D eigenvalue weighted by molar-refractivity contribution is 6.30. The summed E-state index contributed by atoms with van der Waals surface area (Å²) in [6.45, 7) is 0. The van der Waals surface area contributed by atoms with Gasteiger partial charge < -0.3 is 11.1 Å². The molecular formula is C10H9ClN4. The van der Waals surface area contributed by atoms with Crippen molar-refractivity contribution in [3.63, 3.8) is 0 Å². The van der Waals surface area contributed by atoms with E-state index in [2.05, 4.69) is 15.3 Å². The number of benzene rings is 1. The van der Waals surface area contributed by atoms with Gasteiger partial charge in [-0.15, -0.1) is 0 Å². The molecule has 2 aromatic rings. The van der Waals surface area contributed by atoms with E-state index >= 15 is 0 Å². The zero-order chi connectivity index (χ0) is 10.7. The van der Waals surface area contributed by atoms with Crippen molar-refractivity contribution in [2.24, 2.45) is 0 Å². The van der Waals surface area contributed by atoms with Gasteiger partial charge in [-0.1, -0.05) is 17.7 Å². The van der Waals surface area contributed by atoms with Crippen LogP contribution in [0.25, 0.3) is 0 Å². The highest BCUT2D eigenvalue weighted by Gasteiger charge is 2.00. The lowest BCUT2D eigenvalue weighted by Gasteiger charge is -2.06. The lowest BCUT2D eigenvalue weighted by Crippen LogP contribution is -2.00. The summed E-state index contributed by atoms with van der Waals surface area (Å²) in [4.78, 5) is 7.98. The second-order valence-electron chi connectivity index (χ2n) is 2.93. The first-order valence-electron chi connectivity index (χ1n) is 4.35. The average Bonchev–Trinajstić information content (AvgIpc) is 2.22. The molecule has 0 bridgehead atoms. The highest BCUT2D eigenvalue weighted by atomic mass is 35.5. The van der Waals surface area contributed by atoms with Gasteiger partial charge >= 0.3 is 0 Å². The van der Waals surface area contributed by atoms with E-state index in [1.54, 1.807) is 24.5 Å². The van der Waals surface area contributed by atoms with E-state index in [0.29, 0.717) is 16.7 Å². The monoisotopic (exact) mass is 220 g/mol. The summed E-state index contributed by atoms with van der Waals surface area (Å²) in [5.74, 6) is 0.886. The summed E-state index contributed by atoms with van der Waals surface area (Å²) in [6.07, 6.45) is 3.11. The van der Waals surface area contributed by atoms with Crippen LogP contribution in [0.2, 0.25) is 5.02 Å². The number of nitrogens with one attached hydrogen (secondary N) is 1. The number of nitrogen functional groups attached to an aromatic ring is 1. The standard InChI is InChI=1S/C10H9ClN4/c11-7-2-1-3-8(6-7)15-10-9(12)13-4-5-14-10/h1-6H,(H2,12,13)(H,14,15). The maximum Gasteiger partial charge on any atom is 0.173 e. The van der Waals surface area contributed by atoms with Crippen LogP contribution in [0.3, 0.4) is 0 Å². The Morgan fingerprint density at radius 2 is 2.00 bits per heavy atom. The molecular weight excluding hydrogens is 212 g/mol. The number of hydrogen-bond donors (Lipinski definition) is 2. The fourth-order valence-electron chi connectivity index (χ4n) is 1.15. The molecule has 0 spiro atoms. The topological polar surface area (TPSA) is 63.8 Å². The first-order chi connectivity index (χ1) is 7.25. The van der Waals surface area contributed by atoms with Crippen LogP contribution in [0, 0.1) is 0 Å². The molecule has 1 aromatic heterocycles. The van der Waals surface area contributed by atoms with Crippen molar-refractivity contribution in [3.05, 3.63) is 41.7 Å². The Morgan fingerprint density at radius 1 is 1.20 bits per heavy atom. The fraction of sp³-hybridized carbons (Fsp3) is 0. The maximum absolute atomic E-state index is 5.84. The molecule has 2 rings (SSSR count). The predicted molar refractivity (Wildman–Crippen MR) is 61.2 cm³/mol. The molecule has 4 nitrogen and oxygen atoms in total. The molecule has 76 valence electrons. The van der Waals surface area contributed by atoms with Crippen LogP contribution in [0.15, 0.2) is 36.7 Å². The molecule has 0 fully saturated rings. The van der Waals surface area contributed by atoms with Gasteiger partial charge in [0.05, 0.1) is 0 Å². The Hall–Kier alpha value is -1.81. The first-order valence-corrected chi connectivity index (χ1v) is 4.72. The molecule has 15 heavy (non-hydrogen) atoms. The summed E-state index contributed by atoms with van der Waals surface area (Å²) in [5.41, 5.74) is 6.47. The summed E-state index contributed by atoms with van der Waals surface area (Å²) in [5, 5.41) is 3.69. The van der Waals surface area contributed by atoms with Crippen LogP contribution in [0.1, 0.15) is 0 Å². The van der Waals surface area contributed by atoms with Gasteiger partial charge in [0, 0.05) is 23.1 Å². The number of nitrogens with zero attached hydrogens (tertiary/aromatic N) is 2. The molecule has 3 N–H and O–H groups in total. The Labute approximate surface area is 92.1 Å². The average molecular weight is 221 g/mol. The molecule has 0 amide bonds. The van der Waals surface area contributed by atoms with Crippen LogP contribution in [0.5, 0.6) is 0 Å². The lowest BCUT2D eigenvalue weighted by molar-refractivity contribution is 1.21. The van der Waals surface area contributed by atoms with E-state index in [1.165, 1.54) is 0 Å². The molecule has 0 atom stereocenters. The third-order valence-electron chi connectivity index (χ3n) is 1.81. The Kier molecular flexibility index (Phi) is 2.69. The van der Waals surface area contributed by atoms with E-state index in [9.17, 15) is 0 Å². The minimum absolute atomic E-state index is 0.359. The summed E-state index contributed by atoms with van der Waals surface area (Å²) >= 11 is 5.84. The molecule has 1 aromatic carbocycles. The van der Waals surface area contributed by atoms with Crippen LogP contribution < -0.4 is 11.1 Å². The lowest BCUT2D eigenvalue weighted by atomic mass is 10.3. The SMILES string of the molecule is Nc1nccnc1Nc1cccc(Cl)c1. The Bertz CT molecular complexity index is 472.